The van der Waals surface area contributed by atoms with E-state index in [2.05, 4.69) is 22.3 Å². The molecular formula is C22H25N3O3. The highest BCUT2D eigenvalue weighted by molar-refractivity contribution is 6.04. The third-order valence-electron chi connectivity index (χ3n) is 5.09. The van der Waals surface area contributed by atoms with Crippen molar-refractivity contribution in [3.8, 4) is 0 Å². The van der Waals surface area contributed by atoms with Gasteiger partial charge in [0.2, 0.25) is 0 Å². The fourth-order valence-corrected chi connectivity index (χ4v) is 3.54. The largest absolute Gasteiger partial charge is 0.376 e. The SMILES string of the molecule is O=C(c1n[nH]c2ccccc12)N1CCC(OCCOCc2ccccc2)CC1. The number of likely N-dealkylation sites (tertiary alicyclic amines) is 1. The molecule has 6 heteroatoms. The van der Waals surface area contributed by atoms with E-state index in [1.165, 1.54) is 5.56 Å². The fraction of sp³-hybridized carbons (Fsp3) is 0.364. The molecule has 0 unspecified atom stereocenters. The smallest absolute Gasteiger partial charge is 0.274 e. The van der Waals surface area contributed by atoms with E-state index in [-0.39, 0.29) is 12.0 Å². The lowest BCUT2D eigenvalue weighted by atomic mass is 10.1. The summed E-state index contributed by atoms with van der Waals surface area (Å²) in [6.45, 7) is 3.14. The van der Waals surface area contributed by atoms with Crippen LogP contribution in [0.3, 0.4) is 0 Å². The minimum atomic E-state index is -0.0119. The zero-order chi connectivity index (χ0) is 19.2. The quantitative estimate of drug-likeness (QED) is 0.639. The minimum absolute atomic E-state index is 0.0119. The number of fused-ring (bicyclic) bond motifs is 1. The van der Waals surface area contributed by atoms with Gasteiger partial charge in [0.1, 0.15) is 0 Å². The Hall–Kier alpha value is -2.70. The van der Waals surface area contributed by atoms with Crippen LogP contribution in [0, 0.1) is 0 Å². The summed E-state index contributed by atoms with van der Waals surface area (Å²) in [6.07, 6.45) is 1.86. The monoisotopic (exact) mass is 379 g/mol. The number of rotatable bonds is 7. The molecule has 4 rings (SSSR count). The second-order valence-electron chi connectivity index (χ2n) is 7.02. The number of carbonyl (C=O) groups is 1. The van der Waals surface area contributed by atoms with Crippen LogP contribution in [0.15, 0.2) is 54.6 Å². The van der Waals surface area contributed by atoms with Crippen molar-refractivity contribution in [2.45, 2.75) is 25.6 Å². The molecule has 1 N–H and O–H groups in total. The Kier molecular flexibility index (Phi) is 5.99. The number of carbonyl (C=O) groups excluding carboxylic acids is 1. The first-order valence-electron chi connectivity index (χ1n) is 9.77. The van der Waals surface area contributed by atoms with Crippen molar-refractivity contribution in [1.82, 2.24) is 15.1 Å². The number of amides is 1. The fourth-order valence-electron chi connectivity index (χ4n) is 3.54. The number of nitrogens with zero attached hydrogens (tertiary/aromatic N) is 2. The van der Waals surface area contributed by atoms with E-state index < -0.39 is 0 Å². The van der Waals surface area contributed by atoms with Gasteiger partial charge >= 0.3 is 0 Å². The molecule has 2 aromatic carbocycles. The first-order valence-corrected chi connectivity index (χ1v) is 9.77. The molecule has 1 amide bonds. The average Bonchev–Trinajstić information content (AvgIpc) is 3.18. The van der Waals surface area contributed by atoms with Gasteiger partial charge in [-0.25, -0.2) is 0 Å². The highest BCUT2D eigenvalue weighted by atomic mass is 16.5. The molecule has 28 heavy (non-hydrogen) atoms. The van der Waals surface area contributed by atoms with Gasteiger partial charge in [-0.3, -0.25) is 9.89 Å². The molecule has 6 nitrogen and oxygen atoms in total. The molecule has 0 radical (unpaired) electrons. The zero-order valence-electron chi connectivity index (χ0n) is 15.8. The molecule has 0 spiro atoms. The summed E-state index contributed by atoms with van der Waals surface area (Å²) in [5.41, 5.74) is 2.56. The summed E-state index contributed by atoms with van der Waals surface area (Å²) < 4.78 is 11.6. The van der Waals surface area contributed by atoms with Gasteiger partial charge in [0.25, 0.3) is 5.91 Å². The number of hydrogen-bond acceptors (Lipinski definition) is 4. The number of benzene rings is 2. The van der Waals surface area contributed by atoms with E-state index in [4.69, 9.17) is 9.47 Å². The second-order valence-corrected chi connectivity index (χ2v) is 7.02. The summed E-state index contributed by atoms with van der Waals surface area (Å²) in [5.74, 6) is -0.0119. The third kappa shape index (κ3) is 4.40. The van der Waals surface area contributed by atoms with E-state index in [9.17, 15) is 4.79 Å². The Morgan fingerprint density at radius 1 is 1.04 bits per heavy atom. The maximum Gasteiger partial charge on any atom is 0.274 e. The predicted molar refractivity (Wildman–Crippen MR) is 107 cm³/mol. The van der Waals surface area contributed by atoms with Gasteiger partial charge in [0.15, 0.2) is 5.69 Å². The topological polar surface area (TPSA) is 67.5 Å². The molecule has 1 fully saturated rings. The van der Waals surface area contributed by atoms with E-state index in [1.807, 2.05) is 47.4 Å². The maximum absolute atomic E-state index is 12.8. The van der Waals surface area contributed by atoms with Crippen molar-refractivity contribution >= 4 is 16.8 Å². The second kappa shape index (κ2) is 8.99. The molecule has 146 valence electrons. The molecule has 1 aromatic heterocycles. The lowest BCUT2D eigenvalue weighted by Gasteiger charge is -2.31. The molecule has 0 atom stereocenters. The van der Waals surface area contributed by atoms with E-state index >= 15 is 0 Å². The average molecular weight is 379 g/mol. The molecule has 0 bridgehead atoms. The van der Waals surface area contributed by atoms with Crippen molar-refractivity contribution < 1.29 is 14.3 Å². The van der Waals surface area contributed by atoms with Crippen molar-refractivity contribution in [3.05, 3.63) is 65.9 Å². The number of aromatic amines is 1. The van der Waals surface area contributed by atoms with Crippen molar-refractivity contribution in [1.29, 1.82) is 0 Å². The lowest BCUT2D eigenvalue weighted by Crippen LogP contribution is -2.41. The number of hydrogen-bond donors (Lipinski definition) is 1. The maximum atomic E-state index is 12.8. The van der Waals surface area contributed by atoms with Crippen LogP contribution in [0.5, 0.6) is 0 Å². The van der Waals surface area contributed by atoms with E-state index in [1.54, 1.807) is 0 Å². The first-order chi connectivity index (χ1) is 13.8. The Labute approximate surface area is 164 Å². The Morgan fingerprint density at radius 3 is 2.61 bits per heavy atom. The summed E-state index contributed by atoms with van der Waals surface area (Å²) in [4.78, 5) is 14.7. The standard InChI is InChI=1S/C22H25N3O3/c26-22(21-19-8-4-5-9-20(19)23-24-21)25-12-10-18(11-13-25)28-15-14-27-16-17-6-2-1-3-7-17/h1-9,18H,10-16H2,(H,23,24). The van der Waals surface area contributed by atoms with Crippen LogP contribution in [0.2, 0.25) is 0 Å². The molecular weight excluding hydrogens is 354 g/mol. The first kappa shape index (κ1) is 18.7. The predicted octanol–water partition coefficient (Wildman–Crippen LogP) is 3.40. The molecule has 3 aromatic rings. The van der Waals surface area contributed by atoms with Crippen LogP contribution in [-0.4, -0.2) is 53.4 Å². The number of para-hydroxylation sites is 1. The Morgan fingerprint density at radius 2 is 1.79 bits per heavy atom. The van der Waals surface area contributed by atoms with Crippen molar-refractivity contribution in [2.75, 3.05) is 26.3 Å². The molecule has 0 saturated carbocycles. The van der Waals surface area contributed by atoms with Crippen LogP contribution in [0.25, 0.3) is 10.9 Å². The molecule has 1 aliphatic heterocycles. The number of aromatic nitrogens is 2. The zero-order valence-corrected chi connectivity index (χ0v) is 15.8. The summed E-state index contributed by atoms with van der Waals surface area (Å²) in [5, 5.41) is 8.03. The van der Waals surface area contributed by atoms with Crippen molar-refractivity contribution in [3.63, 3.8) is 0 Å². The van der Waals surface area contributed by atoms with Crippen LogP contribution in [-0.2, 0) is 16.1 Å². The van der Waals surface area contributed by atoms with Gasteiger partial charge in [-0.1, -0.05) is 48.5 Å². The van der Waals surface area contributed by atoms with Crippen LogP contribution >= 0.6 is 0 Å². The minimum Gasteiger partial charge on any atom is -0.376 e. The molecule has 2 heterocycles. The van der Waals surface area contributed by atoms with E-state index in [0.717, 1.165) is 23.7 Å². The highest BCUT2D eigenvalue weighted by Crippen LogP contribution is 2.20. The summed E-state index contributed by atoms with van der Waals surface area (Å²) in [6, 6.07) is 17.8. The van der Waals surface area contributed by atoms with Gasteiger partial charge in [-0.05, 0) is 24.5 Å². The van der Waals surface area contributed by atoms with Crippen LogP contribution < -0.4 is 0 Å². The molecule has 1 aliphatic rings. The van der Waals surface area contributed by atoms with Gasteiger partial charge in [-0.15, -0.1) is 0 Å². The summed E-state index contributed by atoms with van der Waals surface area (Å²) >= 11 is 0. The van der Waals surface area contributed by atoms with Gasteiger partial charge in [0.05, 0.1) is 31.4 Å². The number of nitrogens with one attached hydrogen (secondary N) is 1. The molecule has 1 saturated heterocycles. The Bertz CT molecular complexity index is 902. The van der Waals surface area contributed by atoms with E-state index in [0.29, 0.717) is 38.6 Å². The highest BCUT2D eigenvalue weighted by Gasteiger charge is 2.26. The number of piperidine rings is 1. The normalized spacial score (nSPS) is 15.2. The van der Waals surface area contributed by atoms with Crippen LogP contribution in [0.4, 0.5) is 0 Å². The van der Waals surface area contributed by atoms with Gasteiger partial charge in [0, 0.05) is 18.5 Å². The van der Waals surface area contributed by atoms with Crippen molar-refractivity contribution in [2.24, 2.45) is 0 Å². The van der Waals surface area contributed by atoms with Gasteiger partial charge in [-0.2, -0.15) is 5.10 Å². The number of ether oxygens (including phenoxy) is 2. The third-order valence-corrected chi connectivity index (χ3v) is 5.09. The molecule has 0 aliphatic carbocycles. The Balaban J connectivity index is 1.19. The summed E-state index contributed by atoms with van der Waals surface area (Å²) in [7, 11) is 0. The number of H-pyrrole nitrogens is 1. The lowest BCUT2D eigenvalue weighted by molar-refractivity contribution is -0.0229. The van der Waals surface area contributed by atoms with Crippen LogP contribution in [0.1, 0.15) is 28.9 Å². The van der Waals surface area contributed by atoms with Gasteiger partial charge < -0.3 is 14.4 Å².